The zero-order chi connectivity index (χ0) is 17.0. The Labute approximate surface area is 130 Å². The molecule has 23 heavy (non-hydrogen) atoms. The SMILES string of the molecule is CC(=O)Oc1ccc(-c2ccc([N+](=O)[O-])cn2)c(OC(C)=O)c1. The molecule has 1 heterocycles. The number of aromatic nitrogens is 1. The third-order valence-electron chi connectivity index (χ3n) is 2.70. The van der Waals surface area contributed by atoms with E-state index in [1.807, 2.05) is 0 Å². The van der Waals surface area contributed by atoms with Crippen molar-refractivity contribution < 1.29 is 24.0 Å². The first-order valence-corrected chi connectivity index (χ1v) is 6.48. The van der Waals surface area contributed by atoms with Gasteiger partial charge in [-0.05, 0) is 18.2 Å². The molecule has 0 aliphatic carbocycles. The maximum absolute atomic E-state index is 11.2. The molecule has 2 rings (SSSR count). The number of carbonyl (C=O) groups excluding carboxylic acids is 2. The highest BCUT2D eigenvalue weighted by atomic mass is 16.6. The fourth-order valence-electron chi connectivity index (χ4n) is 1.84. The highest BCUT2D eigenvalue weighted by Gasteiger charge is 2.14. The molecule has 0 radical (unpaired) electrons. The number of rotatable bonds is 4. The van der Waals surface area contributed by atoms with Crippen LogP contribution in [-0.2, 0) is 9.59 Å². The number of benzene rings is 1. The molecule has 1 aromatic heterocycles. The summed E-state index contributed by atoms with van der Waals surface area (Å²) in [4.78, 5) is 36.3. The molecular weight excluding hydrogens is 304 g/mol. The van der Waals surface area contributed by atoms with E-state index in [1.165, 1.54) is 38.1 Å². The van der Waals surface area contributed by atoms with Crippen LogP contribution in [0.15, 0.2) is 36.5 Å². The standard InChI is InChI=1S/C15H12N2O6/c1-9(18)22-12-4-5-13(15(7-12)23-10(2)19)14-6-3-11(8-16-14)17(20)21/h3-8H,1-2H3. The molecule has 118 valence electrons. The first kappa shape index (κ1) is 16.1. The van der Waals surface area contributed by atoms with Gasteiger partial charge in [0.1, 0.15) is 17.7 Å². The largest absolute Gasteiger partial charge is 0.427 e. The van der Waals surface area contributed by atoms with Gasteiger partial charge in [-0.15, -0.1) is 0 Å². The molecule has 0 bridgehead atoms. The maximum atomic E-state index is 11.2. The van der Waals surface area contributed by atoms with E-state index >= 15 is 0 Å². The lowest BCUT2D eigenvalue weighted by Gasteiger charge is -2.10. The van der Waals surface area contributed by atoms with Crippen molar-refractivity contribution in [3.8, 4) is 22.8 Å². The highest BCUT2D eigenvalue weighted by molar-refractivity contribution is 5.77. The number of hydrogen-bond acceptors (Lipinski definition) is 7. The van der Waals surface area contributed by atoms with Crippen LogP contribution >= 0.6 is 0 Å². The van der Waals surface area contributed by atoms with Crippen LogP contribution in [0.1, 0.15) is 13.8 Å². The molecule has 0 saturated heterocycles. The molecule has 0 spiro atoms. The predicted molar refractivity (Wildman–Crippen MR) is 78.9 cm³/mol. The summed E-state index contributed by atoms with van der Waals surface area (Å²) in [6.07, 6.45) is 1.10. The first-order chi connectivity index (χ1) is 10.9. The van der Waals surface area contributed by atoms with Crippen molar-refractivity contribution in [3.63, 3.8) is 0 Å². The number of ether oxygens (including phenoxy) is 2. The second-order valence-corrected chi connectivity index (χ2v) is 4.50. The normalized spacial score (nSPS) is 10.0. The van der Waals surface area contributed by atoms with Gasteiger partial charge in [0, 0.05) is 31.5 Å². The fraction of sp³-hybridized carbons (Fsp3) is 0.133. The van der Waals surface area contributed by atoms with Gasteiger partial charge in [0.2, 0.25) is 0 Å². The number of esters is 2. The summed E-state index contributed by atoms with van der Waals surface area (Å²) in [5, 5.41) is 10.7. The molecule has 0 unspecified atom stereocenters. The average Bonchev–Trinajstić information content (AvgIpc) is 2.46. The van der Waals surface area contributed by atoms with Crippen molar-refractivity contribution >= 4 is 17.6 Å². The van der Waals surface area contributed by atoms with E-state index in [0.29, 0.717) is 11.3 Å². The van der Waals surface area contributed by atoms with Crippen molar-refractivity contribution in [2.24, 2.45) is 0 Å². The lowest BCUT2D eigenvalue weighted by Crippen LogP contribution is -2.05. The molecule has 2 aromatic rings. The van der Waals surface area contributed by atoms with E-state index in [9.17, 15) is 19.7 Å². The van der Waals surface area contributed by atoms with Crippen LogP contribution in [0, 0.1) is 10.1 Å². The molecule has 0 aliphatic heterocycles. The van der Waals surface area contributed by atoms with Crippen molar-refractivity contribution in [2.75, 3.05) is 0 Å². The molecule has 0 aliphatic rings. The lowest BCUT2D eigenvalue weighted by atomic mass is 10.1. The lowest BCUT2D eigenvalue weighted by molar-refractivity contribution is -0.385. The minimum absolute atomic E-state index is 0.137. The Balaban J connectivity index is 2.45. The molecular formula is C15H12N2O6. The van der Waals surface area contributed by atoms with E-state index in [4.69, 9.17) is 9.47 Å². The summed E-state index contributed by atoms with van der Waals surface area (Å²) >= 11 is 0. The van der Waals surface area contributed by atoms with Gasteiger partial charge in [0.05, 0.1) is 10.6 Å². The maximum Gasteiger partial charge on any atom is 0.308 e. The molecule has 0 amide bonds. The molecule has 8 nitrogen and oxygen atoms in total. The molecule has 0 fully saturated rings. The summed E-state index contributed by atoms with van der Waals surface area (Å²) in [6, 6.07) is 7.16. The monoisotopic (exact) mass is 316 g/mol. The van der Waals surface area contributed by atoms with E-state index in [1.54, 1.807) is 6.07 Å². The minimum atomic E-state index is -0.562. The van der Waals surface area contributed by atoms with Crippen molar-refractivity contribution in [1.82, 2.24) is 4.98 Å². The summed E-state index contributed by atoms with van der Waals surface area (Å²) in [5.41, 5.74) is 0.659. The second kappa shape index (κ2) is 6.65. The average molecular weight is 316 g/mol. The molecule has 0 N–H and O–H groups in total. The first-order valence-electron chi connectivity index (χ1n) is 6.48. The molecule has 1 aromatic carbocycles. The summed E-state index contributed by atoms with van der Waals surface area (Å²) < 4.78 is 10.0. The zero-order valence-corrected chi connectivity index (χ0v) is 12.3. The Morgan fingerprint density at radius 3 is 2.30 bits per heavy atom. The second-order valence-electron chi connectivity index (χ2n) is 4.50. The van der Waals surface area contributed by atoms with Gasteiger partial charge in [-0.3, -0.25) is 19.7 Å². The van der Waals surface area contributed by atoms with Gasteiger partial charge < -0.3 is 9.47 Å². The molecule has 8 heteroatoms. The molecule has 0 saturated carbocycles. The topological polar surface area (TPSA) is 109 Å². The van der Waals surface area contributed by atoms with Gasteiger partial charge in [0.25, 0.3) is 5.69 Å². The van der Waals surface area contributed by atoms with Gasteiger partial charge in [-0.25, -0.2) is 4.98 Å². The van der Waals surface area contributed by atoms with Crippen LogP contribution in [0.4, 0.5) is 5.69 Å². The van der Waals surface area contributed by atoms with E-state index in [2.05, 4.69) is 4.98 Å². The fourth-order valence-corrected chi connectivity index (χ4v) is 1.84. The quantitative estimate of drug-likeness (QED) is 0.369. The van der Waals surface area contributed by atoms with Crippen LogP contribution in [0.5, 0.6) is 11.5 Å². The Hall–Kier alpha value is -3.29. The highest BCUT2D eigenvalue weighted by Crippen LogP contribution is 2.33. The minimum Gasteiger partial charge on any atom is -0.427 e. The Morgan fingerprint density at radius 1 is 1.09 bits per heavy atom. The van der Waals surface area contributed by atoms with Crippen LogP contribution in [0.2, 0.25) is 0 Å². The van der Waals surface area contributed by atoms with Crippen LogP contribution < -0.4 is 9.47 Å². The van der Waals surface area contributed by atoms with Gasteiger partial charge in [-0.1, -0.05) is 0 Å². The third kappa shape index (κ3) is 4.10. The van der Waals surface area contributed by atoms with Crippen molar-refractivity contribution in [2.45, 2.75) is 13.8 Å². The number of nitrogens with zero attached hydrogens (tertiary/aromatic N) is 2. The van der Waals surface area contributed by atoms with E-state index < -0.39 is 16.9 Å². The van der Waals surface area contributed by atoms with Crippen molar-refractivity contribution in [1.29, 1.82) is 0 Å². The number of hydrogen-bond donors (Lipinski definition) is 0. The Morgan fingerprint density at radius 2 is 1.78 bits per heavy atom. The smallest absolute Gasteiger partial charge is 0.308 e. The number of pyridine rings is 1. The van der Waals surface area contributed by atoms with E-state index in [0.717, 1.165) is 6.20 Å². The predicted octanol–water partition coefficient (Wildman–Crippen LogP) is 2.51. The summed E-state index contributed by atoms with van der Waals surface area (Å²) in [6.45, 7) is 2.48. The Kier molecular flexibility index (Phi) is 4.65. The van der Waals surface area contributed by atoms with Crippen LogP contribution in [0.3, 0.4) is 0 Å². The van der Waals surface area contributed by atoms with E-state index in [-0.39, 0.29) is 17.2 Å². The van der Waals surface area contributed by atoms with Gasteiger partial charge in [0.15, 0.2) is 0 Å². The Bertz CT molecular complexity index is 770. The zero-order valence-electron chi connectivity index (χ0n) is 12.3. The van der Waals surface area contributed by atoms with Crippen molar-refractivity contribution in [3.05, 3.63) is 46.6 Å². The van der Waals surface area contributed by atoms with Gasteiger partial charge in [-0.2, -0.15) is 0 Å². The van der Waals surface area contributed by atoms with Gasteiger partial charge >= 0.3 is 11.9 Å². The summed E-state index contributed by atoms with van der Waals surface area (Å²) in [5.74, 6) is -0.731. The number of carbonyl (C=O) groups is 2. The van der Waals surface area contributed by atoms with Crippen LogP contribution in [-0.4, -0.2) is 21.8 Å². The third-order valence-corrected chi connectivity index (χ3v) is 2.70. The van der Waals surface area contributed by atoms with Crippen LogP contribution in [0.25, 0.3) is 11.3 Å². The summed E-state index contributed by atoms with van der Waals surface area (Å²) in [7, 11) is 0. The molecule has 0 atom stereocenters. The number of nitro groups is 1.